The van der Waals surface area contributed by atoms with Gasteiger partial charge in [0.15, 0.2) is 5.13 Å². The number of rotatable bonds is 5. The van der Waals surface area contributed by atoms with Crippen LogP contribution >= 0.6 is 11.3 Å². The molecule has 0 saturated heterocycles. The molecule has 2 aromatic rings. The number of nitrogens with zero attached hydrogens (tertiary/aromatic N) is 2. The first-order chi connectivity index (χ1) is 11.6. The molecule has 1 aromatic carbocycles. The Hall–Kier alpha value is -2.08. The van der Waals surface area contributed by atoms with E-state index in [4.69, 9.17) is 0 Å². The van der Waals surface area contributed by atoms with Crippen molar-refractivity contribution in [3.05, 3.63) is 34.7 Å². The second-order valence-electron chi connectivity index (χ2n) is 6.17. The second kappa shape index (κ2) is 7.21. The number of hydrogen-bond donors (Lipinski definition) is 2. The lowest BCUT2D eigenvalue weighted by molar-refractivity contribution is -0.118. The van der Waals surface area contributed by atoms with Gasteiger partial charge in [0.25, 0.3) is 0 Å². The summed E-state index contributed by atoms with van der Waals surface area (Å²) in [6.45, 7) is 4.88. The summed E-state index contributed by atoms with van der Waals surface area (Å²) in [6, 6.07) is 8.33. The normalized spacial score (nSPS) is 15.0. The first kappa shape index (κ1) is 16.8. The highest BCUT2D eigenvalue weighted by Crippen LogP contribution is 2.32. The molecule has 0 fully saturated rings. The van der Waals surface area contributed by atoms with Crippen molar-refractivity contribution in [3.8, 4) is 5.88 Å². The number of benzene rings is 1. The molecule has 2 heterocycles. The molecule has 1 aliphatic rings. The molecule has 128 valence electrons. The Morgan fingerprint density at radius 2 is 2.25 bits per heavy atom. The third-order valence-electron chi connectivity index (χ3n) is 4.38. The quantitative estimate of drug-likeness (QED) is 0.869. The van der Waals surface area contributed by atoms with Gasteiger partial charge in [-0.15, -0.1) is 0 Å². The number of para-hydroxylation sites is 1. The van der Waals surface area contributed by atoms with Crippen molar-refractivity contribution in [1.82, 2.24) is 4.98 Å². The van der Waals surface area contributed by atoms with Crippen molar-refractivity contribution in [2.24, 2.45) is 0 Å². The molecule has 24 heavy (non-hydrogen) atoms. The van der Waals surface area contributed by atoms with Gasteiger partial charge < -0.3 is 15.3 Å². The Morgan fingerprint density at radius 3 is 3.04 bits per heavy atom. The number of amides is 1. The topological polar surface area (TPSA) is 65.5 Å². The van der Waals surface area contributed by atoms with E-state index in [1.165, 1.54) is 16.9 Å². The summed E-state index contributed by atoms with van der Waals surface area (Å²) in [5.74, 6) is -0.0272. The molecule has 2 N–H and O–H groups in total. The summed E-state index contributed by atoms with van der Waals surface area (Å²) in [5, 5.41) is 14.0. The number of aromatic hydroxyl groups is 1. The molecule has 1 unspecified atom stereocenters. The minimum Gasteiger partial charge on any atom is -0.492 e. The lowest BCUT2D eigenvalue weighted by Crippen LogP contribution is -2.36. The summed E-state index contributed by atoms with van der Waals surface area (Å²) < 4.78 is 0. The summed E-state index contributed by atoms with van der Waals surface area (Å²) >= 11 is 1.36. The number of thiazole rings is 1. The van der Waals surface area contributed by atoms with Crippen LogP contribution in [0.15, 0.2) is 24.3 Å². The van der Waals surface area contributed by atoms with Gasteiger partial charge >= 0.3 is 0 Å². The molecule has 0 spiro atoms. The van der Waals surface area contributed by atoms with E-state index in [-0.39, 0.29) is 24.2 Å². The number of carbonyl (C=O) groups excluding carboxylic acids is 1. The van der Waals surface area contributed by atoms with Gasteiger partial charge in [-0.05, 0) is 37.8 Å². The molecule has 1 amide bonds. The van der Waals surface area contributed by atoms with Gasteiger partial charge in [0.2, 0.25) is 11.8 Å². The Labute approximate surface area is 146 Å². The van der Waals surface area contributed by atoms with Gasteiger partial charge in [-0.2, -0.15) is 4.98 Å². The standard InChI is InChI=1S/C18H23N3O2S/c1-3-12(2)19-18-20-17(23)15(24-18)11-16(22)21-10-6-8-13-7-4-5-9-14(13)21/h4-5,7,9,12,23H,3,6,8,10-11H2,1-2H3,(H,19,20). The predicted octanol–water partition coefficient (Wildman–Crippen LogP) is 3.58. The zero-order valence-corrected chi connectivity index (χ0v) is 14.9. The van der Waals surface area contributed by atoms with Gasteiger partial charge in [0.05, 0.1) is 11.3 Å². The molecule has 1 atom stereocenters. The fourth-order valence-electron chi connectivity index (χ4n) is 2.86. The van der Waals surface area contributed by atoms with Crippen molar-refractivity contribution in [2.45, 2.75) is 45.6 Å². The van der Waals surface area contributed by atoms with Crippen LogP contribution in [-0.4, -0.2) is 28.6 Å². The number of aromatic nitrogens is 1. The third-order valence-corrected chi connectivity index (χ3v) is 5.36. The van der Waals surface area contributed by atoms with Crippen LogP contribution in [0.4, 0.5) is 10.8 Å². The number of anilines is 2. The molecule has 0 saturated carbocycles. The molecule has 0 aliphatic carbocycles. The Kier molecular flexibility index (Phi) is 5.04. The third kappa shape index (κ3) is 3.53. The van der Waals surface area contributed by atoms with Crippen molar-refractivity contribution in [1.29, 1.82) is 0 Å². The number of carbonyl (C=O) groups is 1. The van der Waals surface area contributed by atoms with Crippen LogP contribution in [0, 0.1) is 0 Å². The van der Waals surface area contributed by atoms with Crippen molar-refractivity contribution < 1.29 is 9.90 Å². The van der Waals surface area contributed by atoms with E-state index >= 15 is 0 Å². The number of fused-ring (bicyclic) bond motifs is 1. The van der Waals surface area contributed by atoms with Crippen molar-refractivity contribution in [2.75, 3.05) is 16.8 Å². The predicted molar refractivity (Wildman–Crippen MR) is 98.0 cm³/mol. The van der Waals surface area contributed by atoms with Crippen LogP contribution in [0.5, 0.6) is 5.88 Å². The first-order valence-corrected chi connectivity index (χ1v) is 9.23. The monoisotopic (exact) mass is 345 g/mol. The number of aryl methyl sites for hydroxylation is 1. The van der Waals surface area contributed by atoms with Gasteiger partial charge in [-0.25, -0.2) is 0 Å². The maximum absolute atomic E-state index is 12.7. The Balaban J connectivity index is 1.74. The molecule has 3 rings (SSSR count). The SMILES string of the molecule is CCC(C)Nc1nc(O)c(CC(=O)N2CCCc3ccccc32)s1. The molecule has 0 bridgehead atoms. The minimum atomic E-state index is -0.0375. The van der Waals surface area contributed by atoms with Crippen LogP contribution < -0.4 is 10.2 Å². The van der Waals surface area contributed by atoms with E-state index in [2.05, 4.69) is 30.2 Å². The van der Waals surface area contributed by atoms with E-state index in [9.17, 15) is 9.90 Å². The average Bonchev–Trinajstić information content (AvgIpc) is 2.93. The maximum Gasteiger partial charge on any atom is 0.232 e. The molecule has 6 heteroatoms. The van der Waals surface area contributed by atoms with E-state index in [0.29, 0.717) is 10.0 Å². The molecule has 0 radical (unpaired) electrons. The van der Waals surface area contributed by atoms with E-state index < -0.39 is 0 Å². The summed E-state index contributed by atoms with van der Waals surface area (Å²) in [4.78, 5) is 19.3. The van der Waals surface area contributed by atoms with Gasteiger partial charge in [-0.3, -0.25) is 4.79 Å². The lowest BCUT2D eigenvalue weighted by atomic mass is 10.0. The summed E-state index contributed by atoms with van der Waals surface area (Å²) in [6.07, 6.45) is 3.13. The highest BCUT2D eigenvalue weighted by atomic mass is 32.1. The summed E-state index contributed by atoms with van der Waals surface area (Å²) in [7, 11) is 0. The van der Waals surface area contributed by atoms with Crippen LogP contribution in [0.2, 0.25) is 0 Å². The molecular formula is C18H23N3O2S. The lowest BCUT2D eigenvalue weighted by Gasteiger charge is -2.29. The fourth-order valence-corrected chi connectivity index (χ4v) is 3.82. The fraction of sp³-hybridized carbons (Fsp3) is 0.444. The zero-order valence-electron chi connectivity index (χ0n) is 14.1. The van der Waals surface area contributed by atoms with Gasteiger partial charge in [0.1, 0.15) is 0 Å². The highest BCUT2D eigenvalue weighted by molar-refractivity contribution is 7.16. The van der Waals surface area contributed by atoms with E-state index in [0.717, 1.165) is 31.5 Å². The molecule has 1 aromatic heterocycles. The largest absolute Gasteiger partial charge is 0.492 e. The Bertz CT molecular complexity index is 729. The van der Waals surface area contributed by atoms with Gasteiger partial charge in [-0.1, -0.05) is 36.5 Å². The van der Waals surface area contributed by atoms with Crippen LogP contribution in [0.25, 0.3) is 0 Å². The first-order valence-electron chi connectivity index (χ1n) is 8.42. The smallest absolute Gasteiger partial charge is 0.232 e. The van der Waals surface area contributed by atoms with Crippen LogP contribution in [-0.2, 0) is 17.6 Å². The van der Waals surface area contributed by atoms with Crippen molar-refractivity contribution >= 4 is 28.1 Å². The molecule has 1 aliphatic heterocycles. The van der Waals surface area contributed by atoms with Gasteiger partial charge in [0, 0.05) is 18.3 Å². The Morgan fingerprint density at radius 1 is 1.46 bits per heavy atom. The van der Waals surface area contributed by atoms with Crippen LogP contribution in [0.3, 0.4) is 0 Å². The molecule has 5 nitrogen and oxygen atoms in total. The zero-order chi connectivity index (χ0) is 17.1. The average molecular weight is 345 g/mol. The maximum atomic E-state index is 12.7. The molecular weight excluding hydrogens is 322 g/mol. The highest BCUT2D eigenvalue weighted by Gasteiger charge is 2.24. The number of hydrogen-bond acceptors (Lipinski definition) is 5. The number of nitrogens with one attached hydrogen (secondary N) is 1. The second-order valence-corrected chi connectivity index (χ2v) is 7.26. The van der Waals surface area contributed by atoms with Crippen molar-refractivity contribution in [3.63, 3.8) is 0 Å². The minimum absolute atomic E-state index is 0.0104. The van der Waals surface area contributed by atoms with E-state index in [1.807, 2.05) is 23.1 Å². The van der Waals surface area contributed by atoms with E-state index in [1.54, 1.807) is 0 Å². The van der Waals surface area contributed by atoms with Crippen LogP contribution in [0.1, 0.15) is 37.1 Å². The summed E-state index contributed by atoms with van der Waals surface area (Å²) in [5.41, 5.74) is 2.21.